The minimum Gasteiger partial charge on any atom is -0.495 e. The summed E-state index contributed by atoms with van der Waals surface area (Å²) in [6, 6.07) is 22.8. The molecule has 0 aliphatic carbocycles. The number of aromatic nitrogens is 2. The summed E-state index contributed by atoms with van der Waals surface area (Å²) in [6.45, 7) is 6.68. The topological polar surface area (TPSA) is 98.4 Å². The molecule has 1 fully saturated rings. The fraction of sp³-hybridized carbons (Fsp3) is 0.323. The second-order valence-electron chi connectivity index (χ2n) is 10.1. The number of aryl methyl sites for hydroxylation is 1. The minimum atomic E-state index is -0.252. The van der Waals surface area contributed by atoms with Gasteiger partial charge in [-0.2, -0.15) is 5.26 Å². The van der Waals surface area contributed by atoms with E-state index in [1.807, 2.05) is 24.3 Å². The molecule has 5 rings (SSSR count). The van der Waals surface area contributed by atoms with Crippen LogP contribution in [0.3, 0.4) is 0 Å². The fourth-order valence-corrected chi connectivity index (χ4v) is 4.99. The number of amides is 1. The molecule has 0 atom stereocenters. The van der Waals surface area contributed by atoms with Gasteiger partial charge >= 0.3 is 0 Å². The number of nitrogens with one attached hydrogen (secondary N) is 2. The average Bonchev–Trinajstić information content (AvgIpc) is 3.33. The number of nitrogens with zero attached hydrogens (tertiary/aromatic N) is 5. The number of benzene rings is 3. The highest BCUT2D eigenvalue weighted by molar-refractivity contribution is 6.04. The molecule has 1 saturated heterocycles. The van der Waals surface area contributed by atoms with Gasteiger partial charge in [0.15, 0.2) is 0 Å². The molecular formula is C31H35N7O2. The second kappa shape index (κ2) is 12.6. The van der Waals surface area contributed by atoms with Crippen LogP contribution in [0.2, 0.25) is 0 Å². The molecule has 0 radical (unpaired) electrons. The van der Waals surface area contributed by atoms with Crippen molar-refractivity contribution in [2.45, 2.75) is 19.5 Å². The van der Waals surface area contributed by atoms with Gasteiger partial charge in [0.2, 0.25) is 5.95 Å². The van der Waals surface area contributed by atoms with Crippen molar-refractivity contribution in [2.75, 3.05) is 57.5 Å². The quantitative estimate of drug-likeness (QED) is 0.309. The van der Waals surface area contributed by atoms with E-state index in [9.17, 15) is 4.79 Å². The van der Waals surface area contributed by atoms with Crippen molar-refractivity contribution >= 4 is 28.6 Å². The first kappa shape index (κ1) is 27.2. The van der Waals surface area contributed by atoms with Gasteiger partial charge in [0.1, 0.15) is 5.75 Å². The third-order valence-corrected chi connectivity index (χ3v) is 7.36. The molecule has 0 unspecified atom stereocenters. The van der Waals surface area contributed by atoms with Crippen LogP contribution in [-0.4, -0.2) is 72.1 Å². The molecule has 0 spiro atoms. The smallest absolute Gasteiger partial charge is 0.257 e. The Kier molecular flexibility index (Phi) is 8.59. The monoisotopic (exact) mass is 537 g/mol. The lowest BCUT2D eigenvalue weighted by Crippen LogP contribution is -2.44. The molecule has 9 nitrogen and oxygen atoms in total. The number of anilines is 2. The van der Waals surface area contributed by atoms with Crippen LogP contribution in [0.25, 0.3) is 11.0 Å². The number of ether oxygens (including phenoxy) is 1. The van der Waals surface area contributed by atoms with E-state index in [1.54, 1.807) is 31.4 Å². The van der Waals surface area contributed by atoms with Gasteiger partial charge in [-0.3, -0.25) is 10.1 Å². The molecule has 0 bridgehead atoms. The molecule has 1 aliphatic rings. The van der Waals surface area contributed by atoms with Crippen LogP contribution >= 0.6 is 0 Å². The van der Waals surface area contributed by atoms with Crippen LogP contribution in [0.15, 0.2) is 66.7 Å². The zero-order valence-electron chi connectivity index (χ0n) is 23.1. The fourth-order valence-electron chi connectivity index (χ4n) is 4.99. The molecule has 4 aromatic rings. The Morgan fingerprint density at radius 1 is 1.02 bits per heavy atom. The van der Waals surface area contributed by atoms with E-state index < -0.39 is 0 Å². The largest absolute Gasteiger partial charge is 0.495 e. The molecule has 9 heteroatoms. The number of rotatable bonds is 10. The van der Waals surface area contributed by atoms with Crippen LogP contribution in [0.5, 0.6) is 5.75 Å². The predicted molar refractivity (Wildman–Crippen MR) is 158 cm³/mol. The number of carbonyl (C=O) groups is 1. The summed E-state index contributed by atoms with van der Waals surface area (Å²) in [7, 11) is 3.83. The first-order chi connectivity index (χ1) is 19.5. The van der Waals surface area contributed by atoms with Crippen LogP contribution in [0, 0.1) is 11.3 Å². The lowest BCUT2D eigenvalue weighted by molar-refractivity contribution is 0.102. The van der Waals surface area contributed by atoms with Gasteiger partial charge < -0.3 is 24.4 Å². The molecular weight excluding hydrogens is 502 g/mol. The third kappa shape index (κ3) is 6.42. The van der Waals surface area contributed by atoms with Gasteiger partial charge in [-0.05, 0) is 74.1 Å². The molecule has 2 N–H and O–H groups in total. The van der Waals surface area contributed by atoms with E-state index in [0.717, 1.165) is 73.7 Å². The van der Waals surface area contributed by atoms with Crippen molar-refractivity contribution in [1.82, 2.24) is 19.4 Å². The molecule has 3 aromatic carbocycles. The van der Waals surface area contributed by atoms with E-state index in [1.165, 1.54) is 0 Å². The SMILES string of the molecule is COc1ccccc1NCc1ccc2c(c1)nc(NC(=O)c1ccc(C#N)cc1)n2CCCN1CCN(C)CC1. The Hall–Kier alpha value is -4.39. The van der Waals surface area contributed by atoms with E-state index in [4.69, 9.17) is 15.0 Å². The van der Waals surface area contributed by atoms with Gasteiger partial charge in [0.05, 0.1) is 35.5 Å². The maximum atomic E-state index is 13.1. The van der Waals surface area contributed by atoms with E-state index in [-0.39, 0.29) is 5.91 Å². The summed E-state index contributed by atoms with van der Waals surface area (Å²) < 4.78 is 7.56. The maximum absolute atomic E-state index is 13.1. The number of fused-ring (bicyclic) bond motifs is 1. The lowest BCUT2D eigenvalue weighted by Gasteiger charge is -2.32. The molecule has 1 aromatic heterocycles. The highest BCUT2D eigenvalue weighted by atomic mass is 16.5. The zero-order chi connectivity index (χ0) is 27.9. The van der Waals surface area contributed by atoms with Gasteiger partial charge in [-0.1, -0.05) is 18.2 Å². The lowest BCUT2D eigenvalue weighted by atomic mass is 10.1. The number of carbonyl (C=O) groups excluding carboxylic acids is 1. The Morgan fingerprint density at radius 3 is 2.55 bits per heavy atom. The zero-order valence-corrected chi connectivity index (χ0v) is 23.1. The summed E-state index contributed by atoms with van der Waals surface area (Å²) in [6.07, 6.45) is 0.950. The molecule has 1 amide bonds. The second-order valence-corrected chi connectivity index (χ2v) is 10.1. The summed E-state index contributed by atoms with van der Waals surface area (Å²) in [5.41, 5.74) is 4.81. The maximum Gasteiger partial charge on any atom is 0.257 e. The summed E-state index contributed by atoms with van der Waals surface area (Å²) in [5.74, 6) is 1.07. The standard InChI is InChI=1S/C31H35N7O2/c1-36-16-18-37(19-17-36)14-5-15-38-28-13-10-24(22-33-26-6-3-4-7-29(26)40-2)20-27(28)34-31(38)35-30(39)25-11-8-23(21-32)9-12-25/h3-4,6-13,20,33H,5,14-19,22H2,1-2H3,(H,34,35,39). The average molecular weight is 538 g/mol. The van der Waals surface area contributed by atoms with Crippen molar-refractivity contribution in [3.05, 3.63) is 83.4 Å². The van der Waals surface area contributed by atoms with E-state index in [0.29, 0.717) is 23.6 Å². The Labute approximate surface area is 235 Å². The summed E-state index contributed by atoms with van der Waals surface area (Å²) in [5, 5.41) is 15.5. The molecule has 206 valence electrons. The summed E-state index contributed by atoms with van der Waals surface area (Å²) >= 11 is 0. The molecule has 0 saturated carbocycles. The number of para-hydroxylation sites is 2. The van der Waals surface area contributed by atoms with Gasteiger partial charge in [-0.15, -0.1) is 0 Å². The van der Waals surface area contributed by atoms with E-state index in [2.05, 4.69) is 56.3 Å². The van der Waals surface area contributed by atoms with Crippen molar-refractivity contribution < 1.29 is 9.53 Å². The normalized spacial score (nSPS) is 14.1. The number of hydrogen-bond donors (Lipinski definition) is 2. The van der Waals surface area contributed by atoms with Crippen LogP contribution in [-0.2, 0) is 13.1 Å². The highest BCUT2D eigenvalue weighted by Gasteiger charge is 2.17. The third-order valence-electron chi connectivity index (χ3n) is 7.36. The van der Waals surface area contributed by atoms with Gasteiger partial charge in [-0.25, -0.2) is 4.98 Å². The Bertz CT molecular complexity index is 1500. The molecule has 40 heavy (non-hydrogen) atoms. The molecule has 2 heterocycles. The Morgan fingerprint density at radius 2 is 1.80 bits per heavy atom. The summed E-state index contributed by atoms with van der Waals surface area (Å²) in [4.78, 5) is 22.8. The minimum absolute atomic E-state index is 0.252. The van der Waals surface area contributed by atoms with Crippen molar-refractivity contribution in [3.63, 3.8) is 0 Å². The number of imidazole rings is 1. The highest BCUT2D eigenvalue weighted by Crippen LogP contribution is 2.26. The number of hydrogen-bond acceptors (Lipinski definition) is 7. The number of piperazine rings is 1. The number of methoxy groups -OCH3 is 1. The number of likely N-dealkylation sites (N-methyl/N-ethyl adjacent to an activating group) is 1. The number of nitriles is 1. The van der Waals surface area contributed by atoms with Crippen LogP contribution in [0.1, 0.15) is 27.9 Å². The van der Waals surface area contributed by atoms with Crippen molar-refractivity contribution in [3.8, 4) is 11.8 Å². The van der Waals surface area contributed by atoms with Crippen molar-refractivity contribution in [2.24, 2.45) is 0 Å². The van der Waals surface area contributed by atoms with Crippen molar-refractivity contribution in [1.29, 1.82) is 5.26 Å². The molecule has 1 aliphatic heterocycles. The van der Waals surface area contributed by atoms with Crippen LogP contribution in [0.4, 0.5) is 11.6 Å². The first-order valence-electron chi connectivity index (χ1n) is 13.6. The van der Waals surface area contributed by atoms with Gasteiger partial charge in [0, 0.05) is 44.8 Å². The first-order valence-corrected chi connectivity index (χ1v) is 13.6. The van der Waals surface area contributed by atoms with E-state index >= 15 is 0 Å². The Balaban J connectivity index is 1.35. The van der Waals surface area contributed by atoms with Crippen LogP contribution < -0.4 is 15.4 Å². The van der Waals surface area contributed by atoms with Gasteiger partial charge in [0.25, 0.3) is 5.91 Å². The predicted octanol–water partition coefficient (Wildman–Crippen LogP) is 4.42.